The number of carbonyl (C=O) groups is 1. The Kier molecular flexibility index (Phi) is 3.73. The molecule has 0 aliphatic carbocycles. The summed E-state index contributed by atoms with van der Waals surface area (Å²) < 4.78 is 5.22. The largest absolute Gasteiger partial charge is 0.388 e. The zero-order chi connectivity index (χ0) is 14.0. The average molecular weight is 280 g/mol. The van der Waals surface area contributed by atoms with Gasteiger partial charge in [0.2, 0.25) is 5.91 Å². The van der Waals surface area contributed by atoms with Crippen molar-refractivity contribution >= 4 is 5.91 Å². The Hall–Kier alpha value is -1.44. The van der Waals surface area contributed by atoms with Gasteiger partial charge in [-0.3, -0.25) is 10.1 Å². The maximum Gasteiger partial charge on any atom is 0.237 e. The highest BCUT2D eigenvalue weighted by Crippen LogP contribution is 2.19. The van der Waals surface area contributed by atoms with Crippen molar-refractivity contribution in [2.24, 2.45) is 0 Å². The first-order valence-corrected chi connectivity index (χ1v) is 6.99. The molecule has 7 nitrogen and oxygen atoms in total. The van der Waals surface area contributed by atoms with Crippen LogP contribution in [0.5, 0.6) is 0 Å². The second-order valence-corrected chi connectivity index (χ2v) is 5.52. The van der Waals surface area contributed by atoms with Crippen molar-refractivity contribution in [1.29, 1.82) is 0 Å². The van der Waals surface area contributed by atoms with E-state index in [1.165, 1.54) is 0 Å². The van der Waals surface area contributed by atoms with Gasteiger partial charge in [0.1, 0.15) is 0 Å². The van der Waals surface area contributed by atoms with Crippen LogP contribution in [0.1, 0.15) is 24.2 Å². The minimum Gasteiger partial charge on any atom is -0.388 e. The molecule has 3 rings (SSSR count). The van der Waals surface area contributed by atoms with Gasteiger partial charge in [-0.05, 0) is 0 Å². The molecule has 110 valence electrons. The Bertz CT molecular complexity index is 482. The maximum absolute atomic E-state index is 12.2. The molecule has 0 bridgehead atoms. The molecule has 1 fully saturated rings. The predicted octanol–water partition coefficient (Wildman–Crippen LogP) is -0.918. The Morgan fingerprint density at radius 1 is 1.55 bits per heavy atom. The number of aliphatic hydroxyl groups is 1. The van der Waals surface area contributed by atoms with Gasteiger partial charge in [0.15, 0.2) is 0 Å². The fraction of sp³-hybridized carbons (Fsp3) is 0.692. The van der Waals surface area contributed by atoms with Crippen LogP contribution in [0.3, 0.4) is 0 Å². The number of rotatable bonds is 3. The van der Waals surface area contributed by atoms with Gasteiger partial charge in [0.05, 0.1) is 29.4 Å². The summed E-state index contributed by atoms with van der Waals surface area (Å²) in [5.74, 6) is -0.0847. The molecular formula is C13H20N4O3. The van der Waals surface area contributed by atoms with Crippen LogP contribution in [0.4, 0.5) is 0 Å². The minimum atomic E-state index is -0.833. The third-order valence-corrected chi connectivity index (χ3v) is 4.06. The molecule has 1 atom stereocenters. The average Bonchev–Trinajstić information content (AvgIpc) is 2.93. The highest BCUT2D eigenvalue weighted by atomic mass is 16.5. The van der Waals surface area contributed by atoms with Crippen molar-refractivity contribution < 1.29 is 14.6 Å². The topological polar surface area (TPSA) is 99.3 Å². The van der Waals surface area contributed by atoms with Gasteiger partial charge in [-0.15, -0.1) is 0 Å². The Morgan fingerprint density at radius 3 is 3.15 bits per heavy atom. The van der Waals surface area contributed by atoms with Crippen molar-refractivity contribution in [3.8, 4) is 0 Å². The Labute approximate surface area is 117 Å². The first kappa shape index (κ1) is 13.5. The number of nitrogens with one attached hydrogen (secondary N) is 3. The molecule has 1 aromatic rings. The van der Waals surface area contributed by atoms with E-state index in [1.54, 1.807) is 6.33 Å². The molecule has 1 amide bonds. The fourth-order valence-corrected chi connectivity index (χ4v) is 2.66. The molecule has 1 unspecified atom stereocenters. The normalized spacial score (nSPS) is 24.9. The smallest absolute Gasteiger partial charge is 0.237 e. The third kappa shape index (κ3) is 2.84. The number of amides is 1. The van der Waals surface area contributed by atoms with Crippen molar-refractivity contribution in [2.75, 3.05) is 19.8 Å². The molecular weight excluding hydrogens is 260 g/mol. The lowest BCUT2D eigenvalue weighted by atomic mass is 9.94. The Morgan fingerprint density at radius 2 is 2.35 bits per heavy atom. The zero-order valence-electron chi connectivity index (χ0n) is 11.3. The number of carbonyl (C=O) groups excluding carboxylic acids is 1. The fourth-order valence-electron chi connectivity index (χ4n) is 2.66. The first-order chi connectivity index (χ1) is 9.66. The monoisotopic (exact) mass is 280 g/mol. The molecule has 0 saturated carbocycles. The van der Waals surface area contributed by atoms with Crippen LogP contribution in [0.15, 0.2) is 6.33 Å². The van der Waals surface area contributed by atoms with Crippen molar-refractivity contribution in [2.45, 2.75) is 37.5 Å². The number of H-pyrrole nitrogens is 1. The van der Waals surface area contributed by atoms with Gasteiger partial charge in [-0.25, -0.2) is 4.98 Å². The highest BCUT2D eigenvalue weighted by molar-refractivity contribution is 5.82. The lowest BCUT2D eigenvalue weighted by molar-refractivity contribution is -0.126. The molecule has 4 N–H and O–H groups in total. The van der Waals surface area contributed by atoms with Crippen LogP contribution >= 0.6 is 0 Å². The van der Waals surface area contributed by atoms with E-state index >= 15 is 0 Å². The van der Waals surface area contributed by atoms with Crippen LogP contribution in [-0.4, -0.2) is 52.4 Å². The summed E-state index contributed by atoms with van der Waals surface area (Å²) in [6.07, 6.45) is 3.35. The van der Waals surface area contributed by atoms with Gasteiger partial charge >= 0.3 is 0 Å². The summed E-state index contributed by atoms with van der Waals surface area (Å²) in [6, 6.07) is -0.283. The van der Waals surface area contributed by atoms with E-state index in [-0.39, 0.29) is 18.5 Å². The summed E-state index contributed by atoms with van der Waals surface area (Å²) in [7, 11) is 0. The van der Waals surface area contributed by atoms with E-state index < -0.39 is 5.60 Å². The predicted molar refractivity (Wildman–Crippen MR) is 70.9 cm³/mol. The van der Waals surface area contributed by atoms with E-state index in [4.69, 9.17) is 4.74 Å². The molecule has 2 aliphatic heterocycles. The lowest BCUT2D eigenvalue weighted by Gasteiger charge is -2.33. The molecule has 1 aromatic heterocycles. The quantitative estimate of drug-likeness (QED) is 0.574. The van der Waals surface area contributed by atoms with E-state index in [0.717, 1.165) is 11.4 Å². The van der Waals surface area contributed by atoms with Crippen LogP contribution < -0.4 is 10.6 Å². The van der Waals surface area contributed by atoms with Crippen molar-refractivity contribution in [3.63, 3.8) is 0 Å². The Balaban J connectivity index is 1.52. The van der Waals surface area contributed by atoms with Gasteiger partial charge in [-0.1, -0.05) is 0 Å². The molecule has 0 spiro atoms. The van der Waals surface area contributed by atoms with Crippen molar-refractivity contribution in [3.05, 3.63) is 17.7 Å². The molecule has 0 radical (unpaired) electrons. The van der Waals surface area contributed by atoms with Crippen molar-refractivity contribution in [1.82, 2.24) is 20.6 Å². The minimum absolute atomic E-state index is 0.0847. The SMILES string of the molecule is O=C(NCC1(O)CCOCC1)C1Cc2nc[nH]c2CN1. The van der Waals surface area contributed by atoms with Gasteiger partial charge in [-0.2, -0.15) is 0 Å². The molecule has 20 heavy (non-hydrogen) atoms. The van der Waals surface area contributed by atoms with Gasteiger partial charge < -0.3 is 20.1 Å². The van der Waals surface area contributed by atoms with Crippen LogP contribution in [0.25, 0.3) is 0 Å². The van der Waals surface area contributed by atoms with Gasteiger partial charge in [0.25, 0.3) is 0 Å². The molecule has 3 heterocycles. The number of hydrogen-bond acceptors (Lipinski definition) is 5. The van der Waals surface area contributed by atoms with E-state index in [9.17, 15) is 9.90 Å². The summed E-state index contributed by atoms with van der Waals surface area (Å²) >= 11 is 0. The first-order valence-electron chi connectivity index (χ1n) is 6.99. The molecule has 0 aromatic carbocycles. The number of nitrogens with zero attached hydrogens (tertiary/aromatic N) is 1. The molecule has 7 heteroatoms. The highest BCUT2D eigenvalue weighted by Gasteiger charge is 2.32. The second kappa shape index (κ2) is 5.51. The molecule has 2 aliphatic rings. The summed E-state index contributed by atoms with van der Waals surface area (Å²) in [5, 5.41) is 16.3. The summed E-state index contributed by atoms with van der Waals surface area (Å²) in [4.78, 5) is 19.4. The van der Waals surface area contributed by atoms with E-state index in [0.29, 0.717) is 39.0 Å². The van der Waals surface area contributed by atoms with Crippen LogP contribution in [-0.2, 0) is 22.5 Å². The summed E-state index contributed by atoms with van der Waals surface area (Å²) in [6.45, 7) is 1.99. The number of aromatic amines is 1. The zero-order valence-corrected chi connectivity index (χ0v) is 11.3. The van der Waals surface area contributed by atoms with Crippen LogP contribution in [0.2, 0.25) is 0 Å². The number of aromatic nitrogens is 2. The summed E-state index contributed by atoms with van der Waals surface area (Å²) in [5.41, 5.74) is 1.14. The number of hydrogen-bond donors (Lipinski definition) is 4. The van der Waals surface area contributed by atoms with E-state index in [2.05, 4.69) is 20.6 Å². The molecule has 1 saturated heterocycles. The number of imidazole rings is 1. The van der Waals surface area contributed by atoms with Crippen LogP contribution in [0, 0.1) is 0 Å². The third-order valence-electron chi connectivity index (χ3n) is 4.06. The number of ether oxygens (including phenoxy) is 1. The lowest BCUT2D eigenvalue weighted by Crippen LogP contribution is -2.53. The van der Waals surface area contributed by atoms with Gasteiger partial charge in [0, 0.05) is 45.6 Å². The second-order valence-electron chi connectivity index (χ2n) is 5.52. The standard InChI is InChI=1S/C13H20N4O3/c18-12(15-7-13(19)1-3-20-4-2-13)10-5-9-11(6-14-10)17-8-16-9/h8,10,14,19H,1-7H2,(H,15,18)(H,16,17). The van der Waals surface area contributed by atoms with E-state index in [1.807, 2.05) is 0 Å². The maximum atomic E-state index is 12.2. The number of fused-ring (bicyclic) bond motifs is 1.